The summed E-state index contributed by atoms with van der Waals surface area (Å²) >= 11 is 0. The maximum atomic E-state index is 12.7. The van der Waals surface area contributed by atoms with Crippen molar-refractivity contribution in [2.45, 2.75) is 11.9 Å². The smallest absolute Gasteiger partial charge is 0.373 e. The van der Waals surface area contributed by atoms with E-state index in [0.29, 0.717) is 10.1 Å². The predicted octanol–water partition coefficient (Wildman–Crippen LogP) is -0.273. The Morgan fingerprint density at radius 3 is 2.52 bits per heavy atom. The van der Waals surface area contributed by atoms with E-state index in [1.165, 1.54) is 24.3 Å². The molecule has 2 heterocycles. The molecule has 0 aliphatic carbocycles. The van der Waals surface area contributed by atoms with Crippen molar-refractivity contribution in [3.8, 4) is 11.8 Å². The van der Waals surface area contributed by atoms with Crippen LogP contribution in [-0.4, -0.2) is 51.9 Å². The first-order valence-corrected chi connectivity index (χ1v) is 9.43. The molecule has 138 valence electrons. The highest BCUT2D eigenvalue weighted by Gasteiger charge is 2.30. The van der Waals surface area contributed by atoms with Crippen molar-refractivity contribution in [2.24, 2.45) is 0 Å². The number of benzene rings is 1. The average molecular weight is 388 g/mol. The Kier molecular flexibility index (Phi) is 4.46. The lowest BCUT2D eigenvalue weighted by molar-refractivity contribution is 0.0523. The standard InChI is InChI=1S/C15H12N6O5S/c1-3-26-14(22)11-12-17-19-20(10-6-4-9(8-16)5-7-10)15(23)21(12)18-13(11)27(2,24)25/h4-7H,3H2,1-2H3. The first kappa shape index (κ1) is 18.2. The van der Waals surface area contributed by atoms with Gasteiger partial charge >= 0.3 is 11.7 Å². The van der Waals surface area contributed by atoms with Crippen LogP contribution < -0.4 is 5.69 Å². The summed E-state index contributed by atoms with van der Waals surface area (Å²) in [5.41, 5.74) is -0.962. The Morgan fingerprint density at radius 2 is 1.96 bits per heavy atom. The third-order valence-electron chi connectivity index (χ3n) is 3.49. The van der Waals surface area contributed by atoms with Gasteiger partial charge in [0.25, 0.3) is 0 Å². The molecule has 3 aromatic rings. The fourth-order valence-electron chi connectivity index (χ4n) is 2.31. The Hall–Kier alpha value is -3.59. The first-order chi connectivity index (χ1) is 12.8. The molecule has 27 heavy (non-hydrogen) atoms. The molecule has 0 aliphatic rings. The van der Waals surface area contributed by atoms with Crippen molar-refractivity contribution in [1.29, 1.82) is 5.26 Å². The summed E-state index contributed by atoms with van der Waals surface area (Å²) in [6.07, 6.45) is 0.851. The van der Waals surface area contributed by atoms with E-state index in [1.54, 1.807) is 6.92 Å². The number of sulfone groups is 1. The maximum Gasteiger partial charge on any atom is 0.373 e. The normalized spacial score (nSPS) is 11.3. The topological polar surface area (TPSA) is 149 Å². The van der Waals surface area contributed by atoms with Gasteiger partial charge in [0.15, 0.2) is 14.9 Å². The number of hydrogen-bond acceptors (Lipinski definition) is 9. The number of esters is 1. The highest BCUT2D eigenvalue weighted by molar-refractivity contribution is 7.90. The van der Waals surface area contributed by atoms with Crippen LogP contribution in [-0.2, 0) is 14.6 Å². The molecule has 11 nitrogen and oxygen atoms in total. The van der Waals surface area contributed by atoms with Gasteiger partial charge in [-0.15, -0.1) is 10.2 Å². The van der Waals surface area contributed by atoms with Crippen molar-refractivity contribution in [3.63, 3.8) is 0 Å². The highest BCUT2D eigenvalue weighted by Crippen LogP contribution is 2.18. The van der Waals surface area contributed by atoms with Gasteiger partial charge in [-0.05, 0) is 31.2 Å². The monoisotopic (exact) mass is 388 g/mol. The van der Waals surface area contributed by atoms with E-state index in [0.717, 1.165) is 10.9 Å². The van der Waals surface area contributed by atoms with Gasteiger partial charge in [0.05, 0.1) is 23.9 Å². The molecule has 0 bridgehead atoms. The molecular formula is C15H12N6O5S. The first-order valence-electron chi connectivity index (χ1n) is 7.54. The summed E-state index contributed by atoms with van der Waals surface area (Å²) in [5, 5.41) is 19.5. The zero-order chi connectivity index (χ0) is 19.8. The number of ether oxygens (including phenoxy) is 1. The summed E-state index contributed by atoms with van der Waals surface area (Å²) in [6.45, 7) is 1.54. The van der Waals surface area contributed by atoms with Crippen molar-refractivity contribution >= 4 is 21.5 Å². The van der Waals surface area contributed by atoms with Gasteiger partial charge in [-0.25, -0.2) is 18.0 Å². The number of rotatable bonds is 4. The largest absolute Gasteiger partial charge is 0.462 e. The maximum absolute atomic E-state index is 12.7. The van der Waals surface area contributed by atoms with E-state index < -0.39 is 32.1 Å². The van der Waals surface area contributed by atoms with E-state index in [-0.39, 0.29) is 17.9 Å². The Balaban J connectivity index is 2.29. The van der Waals surface area contributed by atoms with Crippen molar-refractivity contribution < 1.29 is 17.9 Å². The summed E-state index contributed by atoms with van der Waals surface area (Å²) in [5.74, 6) is -0.974. The molecule has 0 amide bonds. The third kappa shape index (κ3) is 3.15. The molecule has 1 aromatic carbocycles. The fraction of sp³-hybridized carbons (Fsp3) is 0.200. The van der Waals surface area contributed by atoms with Gasteiger partial charge in [0.2, 0.25) is 5.65 Å². The number of hydrogen-bond donors (Lipinski definition) is 0. The van der Waals surface area contributed by atoms with Crippen LogP contribution in [0.5, 0.6) is 0 Å². The van der Waals surface area contributed by atoms with Crippen LogP contribution in [0.25, 0.3) is 11.3 Å². The molecule has 2 aromatic heterocycles. The number of fused-ring (bicyclic) bond motifs is 1. The van der Waals surface area contributed by atoms with E-state index in [1.807, 2.05) is 6.07 Å². The average Bonchev–Trinajstić information content (AvgIpc) is 3.03. The quantitative estimate of drug-likeness (QED) is 0.550. The second kappa shape index (κ2) is 6.61. The Labute approximate surface area is 152 Å². The molecule has 0 aliphatic heterocycles. The van der Waals surface area contributed by atoms with Crippen molar-refractivity contribution in [3.05, 3.63) is 45.9 Å². The summed E-state index contributed by atoms with van der Waals surface area (Å²) in [7, 11) is -3.95. The molecule has 0 atom stereocenters. The van der Waals surface area contributed by atoms with Gasteiger partial charge in [-0.2, -0.15) is 14.5 Å². The van der Waals surface area contributed by atoms with Crippen LogP contribution in [0.1, 0.15) is 22.8 Å². The summed E-state index contributed by atoms with van der Waals surface area (Å²) < 4.78 is 30.4. The molecule has 0 saturated heterocycles. The molecule has 0 spiro atoms. The SMILES string of the molecule is CCOC(=O)c1c(S(C)(=O)=O)nn2c(=O)n(-c3ccc(C#N)cc3)nnc12. The minimum Gasteiger partial charge on any atom is -0.462 e. The van der Waals surface area contributed by atoms with Crippen molar-refractivity contribution in [2.75, 3.05) is 12.9 Å². The molecule has 12 heteroatoms. The molecule has 0 N–H and O–H groups in total. The lowest BCUT2D eigenvalue weighted by Crippen LogP contribution is -2.29. The zero-order valence-electron chi connectivity index (χ0n) is 14.1. The lowest BCUT2D eigenvalue weighted by Gasteiger charge is -2.03. The van der Waals surface area contributed by atoms with Gasteiger partial charge < -0.3 is 4.74 Å². The van der Waals surface area contributed by atoms with Gasteiger partial charge in [-0.3, -0.25) is 0 Å². The van der Waals surface area contributed by atoms with Crippen LogP contribution in [0.2, 0.25) is 0 Å². The Morgan fingerprint density at radius 1 is 1.30 bits per heavy atom. The van der Waals surface area contributed by atoms with Gasteiger partial charge in [-0.1, -0.05) is 5.21 Å². The van der Waals surface area contributed by atoms with Crippen LogP contribution in [0.15, 0.2) is 34.1 Å². The van der Waals surface area contributed by atoms with Crippen LogP contribution in [0, 0.1) is 11.3 Å². The van der Waals surface area contributed by atoms with E-state index >= 15 is 0 Å². The number of carbonyl (C=O) groups excluding carboxylic acids is 1. The van der Waals surface area contributed by atoms with Gasteiger partial charge in [0, 0.05) is 6.26 Å². The molecule has 0 fully saturated rings. The van der Waals surface area contributed by atoms with E-state index in [2.05, 4.69) is 15.4 Å². The fourth-order valence-corrected chi connectivity index (χ4v) is 3.09. The number of nitriles is 1. The van der Waals surface area contributed by atoms with Crippen LogP contribution in [0.3, 0.4) is 0 Å². The van der Waals surface area contributed by atoms with E-state index in [9.17, 15) is 18.0 Å². The minimum atomic E-state index is -3.95. The minimum absolute atomic E-state index is 0.00485. The zero-order valence-corrected chi connectivity index (χ0v) is 15.0. The second-order valence-electron chi connectivity index (χ2n) is 5.35. The van der Waals surface area contributed by atoms with Crippen molar-refractivity contribution in [1.82, 2.24) is 24.6 Å². The molecule has 3 rings (SSSR count). The highest BCUT2D eigenvalue weighted by atomic mass is 32.2. The molecule has 0 radical (unpaired) electrons. The predicted molar refractivity (Wildman–Crippen MR) is 90.2 cm³/mol. The molecular weight excluding hydrogens is 376 g/mol. The van der Waals surface area contributed by atoms with E-state index in [4.69, 9.17) is 10.00 Å². The van der Waals surface area contributed by atoms with Gasteiger partial charge in [0.1, 0.15) is 5.56 Å². The number of aromatic nitrogens is 5. The van der Waals surface area contributed by atoms with Crippen LogP contribution >= 0.6 is 0 Å². The molecule has 0 unspecified atom stereocenters. The third-order valence-corrected chi connectivity index (χ3v) is 4.48. The number of carbonyl (C=O) groups is 1. The molecule has 0 saturated carbocycles. The summed E-state index contributed by atoms with van der Waals surface area (Å²) in [4.78, 5) is 24.9. The van der Waals surface area contributed by atoms with Crippen LogP contribution in [0.4, 0.5) is 0 Å². The number of nitrogens with zero attached hydrogens (tertiary/aromatic N) is 6. The Bertz CT molecular complexity index is 1250. The lowest BCUT2D eigenvalue weighted by atomic mass is 10.2. The summed E-state index contributed by atoms with van der Waals surface area (Å²) in [6, 6.07) is 7.82. The second-order valence-corrected chi connectivity index (χ2v) is 7.28.